The summed E-state index contributed by atoms with van der Waals surface area (Å²) in [6.07, 6.45) is 3.67. The molecular weight excluding hydrogens is 223 g/mol. The third kappa shape index (κ3) is 2.46. The van der Waals surface area contributed by atoms with E-state index in [1.165, 1.54) is 17.4 Å². The average molecular weight is 236 g/mol. The van der Waals surface area contributed by atoms with Gasteiger partial charge in [-0.25, -0.2) is 9.37 Å². The first-order chi connectivity index (χ1) is 7.81. The molecule has 4 heteroatoms. The van der Waals surface area contributed by atoms with Crippen molar-refractivity contribution in [3.8, 4) is 10.6 Å². The third-order valence-electron chi connectivity index (χ3n) is 2.29. The number of nitrogens with zero attached hydrogens (tertiary/aromatic N) is 1. The smallest absolute Gasteiger partial charge is 0.133 e. The van der Waals surface area contributed by atoms with Gasteiger partial charge in [-0.2, -0.15) is 0 Å². The number of nitrogens with two attached hydrogens (primary N) is 1. The van der Waals surface area contributed by atoms with Gasteiger partial charge >= 0.3 is 0 Å². The Morgan fingerprint density at radius 1 is 1.31 bits per heavy atom. The molecule has 0 amide bonds. The Bertz CT molecular complexity index is 468. The number of thiazole rings is 1. The molecule has 16 heavy (non-hydrogen) atoms. The number of halogens is 1. The average Bonchev–Trinajstić information content (AvgIpc) is 2.75. The Balaban J connectivity index is 2.22. The lowest BCUT2D eigenvalue weighted by Gasteiger charge is -1.97. The largest absolute Gasteiger partial charge is 0.330 e. The standard InChI is InChI=1S/C12H13FN2S/c13-11-6-2-1-5-10(11)12-15-8-9(16-12)4-3-7-14/h1-2,5-6,8H,3-4,7,14H2. The molecule has 0 aliphatic carbocycles. The fourth-order valence-corrected chi connectivity index (χ4v) is 2.44. The first-order valence-corrected chi connectivity index (χ1v) is 6.02. The van der Waals surface area contributed by atoms with Crippen LogP contribution in [0, 0.1) is 5.82 Å². The number of rotatable bonds is 4. The SMILES string of the molecule is NCCCc1cnc(-c2ccccc2F)s1. The molecular formula is C12H13FN2S. The van der Waals surface area contributed by atoms with Gasteiger partial charge in [0.05, 0.1) is 0 Å². The van der Waals surface area contributed by atoms with Gasteiger partial charge < -0.3 is 5.73 Å². The van der Waals surface area contributed by atoms with E-state index in [1.54, 1.807) is 12.1 Å². The Kier molecular flexibility index (Phi) is 3.64. The van der Waals surface area contributed by atoms with Crippen LogP contribution in [0.5, 0.6) is 0 Å². The second kappa shape index (κ2) is 5.18. The molecule has 0 fully saturated rings. The van der Waals surface area contributed by atoms with Crippen molar-refractivity contribution in [3.05, 3.63) is 41.2 Å². The molecule has 0 spiro atoms. The summed E-state index contributed by atoms with van der Waals surface area (Å²) in [5, 5.41) is 0.741. The number of aromatic nitrogens is 1. The van der Waals surface area contributed by atoms with Crippen molar-refractivity contribution >= 4 is 11.3 Å². The van der Waals surface area contributed by atoms with Crippen LogP contribution in [0.2, 0.25) is 0 Å². The predicted molar refractivity (Wildman–Crippen MR) is 64.9 cm³/mol. The van der Waals surface area contributed by atoms with Crippen LogP contribution in [0.25, 0.3) is 10.6 Å². The molecule has 0 radical (unpaired) electrons. The molecule has 2 nitrogen and oxygen atoms in total. The van der Waals surface area contributed by atoms with Crippen LogP contribution in [0.3, 0.4) is 0 Å². The van der Waals surface area contributed by atoms with Gasteiger partial charge in [-0.05, 0) is 31.5 Å². The van der Waals surface area contributed by atoms with Crippen LogP contribution in [0.4, 0.5) is 4.39 Å². The number of aryl methyl sites for hydroxylation is 1. The van der Waals surface area contributed by atoms with Gasteiger partial charge in [-0.1, -0.05) is 12.1 Å². The van der Waals surface area contributed by atoms with Crippen LogP contribution in [0.15, 0.2) is 30.5 Å². The summed E-state index contributed by atoms with van der Waals surface area (Å²) in [6.45, 7) is 0.674. The minimum atomic E-state index is -0.220. The van der Waals surface area contributed by atoms with E-state index in [9.17, 15) is 4.39 Å². The molecule has 1 aromatic heterocycles. The number of benzene rings is 1. The fraction of sp³-hybridized carbons (Fsp3) is 0.250. The monoisotopic (exact) mass is 236 g/mol. The van der Waals surface area contributed by atoms with Crippen LogP contribution in [0.1, 0.15) is 11.3 Å². The molecule has 2 rings (SSSR count). The van der Waals surface area contributed by atoms with Gasteiger partial charge in [-0.3, -0.25) is 0 Å². The normalized spacial score (nSPS) is 10.6. The second-order valence-corrected chi connectivity index (χ2v) is 4.62. The van der Waals surface area contributed by atoms with Gasteiger partial charge in [0.25, 0.3) is 0 Å². The van der Waals surface area contributed by atoms with E-state index in [4.69, 9.17) is 5.73 Å². The maximum absolute atomic E-state index is 13.5. The molecule has 2 aromatic rings. The minimum absolute atomic E-state index is 0.220. The topological polar surface area (TPSA) is 38.9 Å². The number of hydrogen-bond acceptors (Lipinski definition) is 3. The Morgan fingerprint density at radius 2 is 2.12 bits per heavy atom. The highest BCUT2D eigenvalue weighted by Gasteiger charge is 2.08. The highest BCUT2D eigenvalue weighted by molar-refractivity contribution is 7.15. The minimum Gasteiger partial charge on any atom is -0.330 e. The summed E-state index contributed by atoms with van der Waals surface area (Å²) in [5.74, 6) is -0.220. The van der Waals surface area contributed by atoms with Gasteiger partial charge in [-0.15, -0.1) is 11.3 Å². The molecule has 1 heterocycles. The Hall–Kier alpha value is -1.26. The highest BCUT2D eigenvalue weighted by atomic mass is 32.1. The first kappa shape index (κ1) is 11.2. The lowest BCUT2D eigenvalue weighted by molar-refractivity contribution is 0.631. The molecule has 0 aliphatic rings. The van der Waals surface area contributed by atoms with Gasteiger partial charge in [0.1, 0.15) is 10.8 Å². The van der Waals surface area contributed by atoms with Gasteiger partial charge in [0, 0.05) is 16.6 Å². The summed E-state index contributed by atoms with van der Waals surface area (Å²) in [7, 11) is 0. The van der Waals surface area contributed by atoms with Crippen molar-refractivity contribution in [2.45, 2.75) is 12.8 Å². The molecule has 0 bridgehead atoms. The third-order valence-corrected chi connectivity index (χ3v) is 3.38. The Labute approximate surface area is 97.9 Å². The molecule has 0 saturated heterocycles. The van der Waals surface area contributed by atoms with Crippen molar-refractivity contribution in [1.82, 2.24) is 4.98 Å². The molecule has 0 aliphatic heterocycles. The van der Waals surface area contributed by atoms with Crippen molar-refractivity contribution in [2.75, 3.05) is 6.54 Å². The summed E-state index contributed by atoms with van der Waals surface area (Å²) in [4.78, 5) is 5.39. The van der Waals surface area contributed by atoms with Crippen LogP contribution < -0.4 is 5.73 Å². The lowest BCUT2D eigenvalue weighted by Crippen LogP contribution is -1.99. The predicted octanol–water partition coefficient (Wildman–Crippen LogP) is 2.84. The maximum Gasteiger partial charge on any atom is 0.133 e. The lowest BCUT2D eigenvalue weighted by atomic mass is 10.2. The molecule has 1 aromatic carbocycles. The quantitative estimate of drug-likeness (QED) is 0.886. The van der Waals surface area contributed by atoms with Crippen LogP contribution in [-0.4, -0.2) is 11.5 Å². The van der Waals surface area contributed by atoms with Crippen molar-refractivity contribution < 1.29 is 4.39 Å². The zero-order chi connectivity index (χ0) is 11.4. The maximum atomic E-state index is 13.5. The number of hydrogen-bond donors (Lipinski definition) is 1. The molecule has 0 atom stereocenters. The van der Waals surface area contributed by atoms with Crippen LogP contribution >= 0.6 is 11.3 Å². The second-order valence-electron chi connectivity index (χ2n) is 3.50. The zero-order valence-corrected chi connectivity index (χ0v) is 9.64. The first-order valence-electron chi connectivity index (χ1n) is 5.21. The molecule has 0 saturated carbocycles. The van der Waals surface area contributed by atoms with Crippen molar-refractivity contribution in [2.24, 2.45) is 5.73 Å². The summed E-state index contributed by atoms with van der Waals surface area (Å²) in [6, 6.07) is 6.71. The summed E-state index contributed by atoms with van der Waals surface area (Å²) < 4.78 is 13.5. The molecule has 2 N–H and O–H groups in total. The Morgan fingerprint density at radius 3 is 2.88 bits per heavy atom. The molecule has 0 unspecified atom stereocenters. The van der Waals surface area contributed by atoms with E-state index in [-0.39, 0.29) is 5.82 Å². The van der Waals surface area contributed by atoms with E-state index in [0.29, 0.717) is 12.1 Å². The van der Waals surface area contributed by atoms with Crippen LogP contribution in [-0.2, 0) is 6.42 Å². The van der Waals surface area contributed by atoms with Crippen molar-refractivity contribution in [1.29, 1.82) is 0 Å². The van der Waals surface area contributed by atoms with E-state index < -0.39 is 0 Å². The van der Waals surface area contributed by atoms with E-state index in [0.717, 1.165) is 22.7 Å². The van der Waals surface area contributed by atoms with Crippen molar-refractivity contribution in [3.63, 3.8) is 0 Å². The van der Waals surface area contributed by atoms with E-state index >= 15 is 0 Å². The van der Waals surface area contributed by atoms with E-state index in [1.807, 2.05) is 12.3 Å². The zero-order valence-electron chi connectivity index (χ0n) is 8.82. The van der Waals surface area contributed by atoms with E-state index in [2.05, 4.69) is 4.98 Å². The molecule has 84 valence electrons. The summed E-state index contributed by atoms with van der Waals surface area (Å²) >= 11 is 1.53. The summed E-state index contributed by atoms with van der Waals surface area (Å²) in [5.41, 5.74) is 6.02. The highest BCUT2D eigenvalue weighted by Crippen LogP contribution is 2.27. The fourth-order valence-electron chi connectivity index (χ4n) is 1.46. The van der Waals surface area contributed by atoms with Gasteiger partial charge in [0.2, 0.25) is 0 Å². The van der Waals surface area contributed by atoms with Gasteiger partial charge in [0.15, 0.2) is 0 Å².